The second-order valence-electron chi connectivity index (χ2n) is 4.90. The lowest BCUT2D eigenvalue weighted by molar-refractivity contribution is -0.118. The highest BCUT2D eigenvalue weighted by molar-refractivity contribution is 5.95. The Balaban J connectivity index is 1.99. The minimum absolute atomic E-state index is 0.104. The van der Waals surface area contributed by atoms with E-state index in [0.717, 1.165) is 5.56 Å². The number of hydrogen-bond acceptors (Lipinski definition) is 4. The largest absolute Gasteiger partial charge is 0.484 e. The van der Waals surface area contributed by atoms with Crippen molar-refractivity contribution >= 4 is 17.6 Å². The molecule has 2 rings (SSSR count). The van der Waals surface area contributed by atoms with Gasteiger partial charge < -0.3 is 14.8 Å². The van der Waals surface area contributed by atoms with Gasteiger partial charge in [-0.1, -0.05) is 24.3 Å². The zero-order valence-corrected chi connectivity index (χ0v) is 13.2. The number of anilines is 1. The zero-order valence-electron chi connectivity index (χ0n) is 13.2. The Labute approximate surface area is 135 Å². The van der Waals surface area contributed by atoms with E-state index >= 15 is 0 Å². The molecule has 0 heterocycles. The molecule has 0 aromatic heterocycles. The van der Waals surface area contributed by atoms with Gasteiger partial charge in [-0.05, 0) is 43.7 Å². The van der Waals surface area contributed by atoms with E-state index in [4.69, 9.17) is 9.47 Å². The van der Waals surface area contributed by atoms with E-state index in [1.165, 1.54) is 0 Å². The van der Waals surface area contributed by atoms with Crippen molar-refractivity contribution in [3.8, 4) is 5.75 Å². The van der Waals surface area contributed by atoms with Crippen LogP contribution in [0.3, 0.4) is 0 Å². The third-order valence-corrected chi connectivity index (χ3v) is 3.14. The quantitative estimate of drug-likeness (QED) is 0.832. The molecule has 5 heteroatoms. The molecule has 1 N–H and O–H groups in total. The van der Waals surface area contributed by atoms with Gasteiger partial charge in [-0.15, -0.1) is 0 Å². The fourth-order valence-electron chi connectivity index (χ4n) is 1.95. The van der Waals surface area contributed by atoms with E-state index in [2.05, 4.69) is 5.32 Å². The van der Waals surface area contributed by atoms with Crippen LogP contribution in [-0.4, -0.2) is 25.1 Å². The number of carbonyl (C=O) groups is 2. The number of hydrogen-bond donors (Lipinski definition) is 1. The molecule has 5 nitrogen and oxygen atoms in total. The number of esters is 1. The summed E-state index contributed by atoms with van der Waals surface area (Å²) < 4.78 is 10.3. The minimum atomic E-state index is -0.413. The molecule has 0 aliphatic rings. The lowest BCUT2D eigenvalue weighted by atomic mass is 10.1. The van der Waals surface area contributed by atoms with Gasteiger partial charge in [0.1, 0.15) is 5.75 Å². The zero-order chi connectivity index (χ0) is 16.7. The van der Waals surface area contributed by atoms with E-state index < -0.39 is 5.97 Å². The first-order valence-electron chi connectivity index (χ1n) is 7.35. The number of aryl methyl sites for hydroxylation is 1. The van der Waals surface area contributed by atoms with Gasteiger partial charge in [0.25, 0.3) is 5.91 Å². The maximum atomic E-state index is 12.0. The van der Waals surface area contributed by atoms with Crippen LogP contribution in [0, 0.1) is 6.92 Å². The first-order chi connectivity index (χ1) is 11.1. The second kappa shape index (κ2) is 7.98. The van der Waals surface area contributed by atoms with Crippen LogP contribution in [0.1, 0.15) is 22.8 Å². The molecule has 2 aromatic rings. The summed E-state index contributed by atoms with van der Waals surface area (Å²) >= 11 is 0. The SMILES string of the molecule is CCOC(=O)c1ccc(C)c(NC(=O)COc2ccccc2)c1. The number of rotatable bonds is 6. The first kappa shape index (κ1) is 16.5. The molecule has 23 heavy (non-hydrogen) atoms. The third kappa shape index (κ3) is 4.85. The monoisotopic (exact) mass is 313 g/mol. The topological polar surface area (TPSA) is 64.6 Å². The van der Waals surface area contributed by atoms with Gasteiger partial charge in [-0.25, -0.2) is 4.79 Å². The Kier molecular flexibility index (Phi) is 5.74. The highest BCUT2D eigenvalue weighted by Crippen LogP contribution is 2.18. The molecule has 0 radical (unpaired) electrons. The summed E-state index contributed by atoms with van der Waals surface area (Å²) in [5.74, 6) is -0.0823. The van der Waals surface area contributed by atoms with Gasteiger partial charge in [0, 0.05) is 5.69 Å². The highest BCUT2D eigenvalue weighted by Gasteiger charge is 2.11. The summed E-state index contributed by atoms with van der Waals surface area (Å²) in [6.07, 6.45) is 0. The van der Waals surface area contributed by atoms with E-state index in [9.17, 15) is 9.59 Å². The molecule has 1 amide bonds. The number of para-hydroxylation sites is 1. The van der Waals surface area contributed by atoms with E-state index in [-0.39, 0.29) is 12.5 Å². The first-order valence-corrected chi connectivity index (χ1v) is 7.35. The van der Waals surface area contributed by atoms with Crippen LogP contribution in [0.5, 0.6) is 5.75 Å². The molecule has 0 fully saturated rings. The van der Waals surface area contributed by atoms with E-state index in [1.54, 1.807) is 37.3 Å². The van der Waals surface area contributed by atoms with Crippen molar-refractivity contribution in [3.05, 3.63) is 59.7 Å². The number of nitrogens with one attached hydrogen (secondary N) is 1. The van der Waals surface area contributed by atoms with Crippen LogP contribution in [0.15, 0.2) is 48.5 Å². The standard InChI is InChI=1S/C18H19NO4/c1-3-22-18(21)14-10-9-13(2)16(11-14)19-17(20)12-23-15-7-5-4-6-8-15/h4-11H,3,12H2,1-2H3,(H,19,20). The summed E-state index contributed by atoms with van der Waals surface area (Å²) in [6.45, 7) is 3.80. The predicted octanol–water partition coefficient (Wildman–Crippen LogP) is 3.19. The fourth-order valence-corrected chi connectivity index (χ4v) is 1.95. The number of amides is 1. The lowest BCUT2D eigenvalue weighted by Gasteiger charge is -2.11. The molecule has 0 saturated carbocycles. The molecular weight excluding hydrogens is 294 g/mol. The molecule has 0 aliphatic heterocycles. The van der Waals surface area contributed by atoms with Crippen molar-refractivity contribution in [3.63, 3.8) is 0 Å². The van der Waals surface area contributed by atoms with E-state index in [0.29, 0.717) is 23.6 Å². The van der Waals surface area contributed by atoms with Crippen molar-refractivity contribution < 1.29 is 19.1 Å². The van der Waals surface area contributed by atoms with Gasteiger partial charge in [-0.2, -0.15) is 0 Å². The summed E-state index contributed by atoms with van der Waals surface area (Å²) in [5.41, 5.74) is 1.82. The molecule has 0 saturated heterocycles. The number of ether oxygens (including phenoxy) is 2. The third-order valence-electron chi connectivity index (χ3n) is 3.14. The molecule has 0 bridgehead atoms. The van der Waals surface area contributed by atoms with Crippen molar-refractivity contribution in [2.75, 3.05) is 18.5 Å². The van der Waals surface area contributed by atoms with Crippen LogP contribution >= 0.6 is 0 Å². The molecule has 0 unspecified atom stereocenters. The lowest BCUT2D eigenvalue weighted by Crippen LogP contribution is -2.21. The van der Waals surface area contributed by atoms with Crippen LogP contribution in [-0.2, 0) is 9.53 Å². The number of carbonyl (C=O) groups excluding carboxylic acids is 2. The van der Waals surface area contributed by atoms with Gasteiger partial charge in [0.05, 0.1) is 12.2 Å². The summed E-state index contributed by atoms with van der Waals surface area (Å²) in [5, 5.41) is 2.75. The van der Waals surface area contributed by atoms with Crippen molar-refractivity contribution in [2.45, 2.75) is 13.8 Å². The van der Waals surface area contributed by atoms with Crippen LogP contribution in [0.2, 0.25) is 0 Å². The van der Waals surface area contributed by atoms with Crippen molar-refractivity contribution in [2.24, 2.45) is 0 Å². The number of benzene rings is 2. The Morgan fingerprint density at radius 2 is 1.83 bits per heavy atom. The van der Waals surface area contributed by atoms with Crippen molar-refractivity contribution in [1.29, 1.82) is 0 Å². The Morgan fingerprint density at radius 1 is 1.09 bits per heavy atom. The van der Waals surface area contributed by atoms with E-state index in [1.807, 2.05) is 25.1 Å². The predicted molar refractivity (Wildman–Crippen MR) is 87.7 cm³/mol. The molecule has 0 atom stereocenters. The molecule has 0 aliphatic carbocycles. The summed E-state index contributed by atoms with van der Waals surface area (Å²) in [6, 6.07) is 14.1. The molecule has 2 aromatic carbocycles. The maximum absolute atomic E-state index is 12.0. The Bertz CT molecular complexity index is 683. The van der Waals surface area contributed by atoms with Crippen LogP contribution < -0.4 is 10.1 Å². The average Bonchev–Trinajstić information content (AvgIpc) is 2.56. The maximum Gasteiger partial charge on any atom is 0.338 e. The van der Waals surface area contributed by atoms with Crippen LogP contribution in [0.4, 0.5) is 5.69 Å². The van der Waals surface area contributed by atoms with Gasteiger partial charge in [0.2, 0.25) is 0 Å². The minimum Gasteiger partial charge on any atom is -0.484 e. The molecule has 0 spiro atoms. The van der Waals surface area contributed by atoms with Crippen LogP contribution in [0.25, 0.3) is 0 Å². The van der Waals surface area contributed by atoms with Gasteiger partial charge in [0.15, 0.2) is 6.61 Å². The van der Waals surface area contributed by atoms with Crippen molar-refractivity contribution in [1.82, 2.24) is 0 Å². The molecular formula is C18H19NO4. The average molecular weight is 313 g/mol. The molecule has 120 valence electrons. The second-order valence-corrected chi connectivity index (χ2v) is 4.90. The fraction of sp³-hybridized carbons (Fsp3) is 0.222. The van der Waals surface area contributed by atoms with Gasteiger partial charge >= 0.3 is 5.97 Å². The normalized spacial score (nSPS) is 10.0. The summed E-state index contributed by atoms with van der Waals surface area (Å²) in [4.78, 5) is 23.7. The Hall–Kier alpha value is -2.82. The van der Waals surface area contributed by atoms with Gasteiger partial charge in [-0.3, -0.25) is 4.79 Å². The highest BCUT2D eigenvalue weighted by atomic mass is 16.5. The summed E-state index contributed by atoms with van der Waals surface area (Å²) in [7, 11) is 0. The Morgan fingerprint density at radius 3 is 2.52 bits per heavy atom. The smallest absolute Gasteiger partial charge is 0.338 e.